The summed E-state index contributed by atoms with van der Waals surface area (Å²) in [7, 11) is 1.28. The van der Waals surface area contributed by atoms with E-state index in [4.69, 9.17) is 0 Å². The minimum Gasteiger partial charge on any atom is -0.465 e. The molecule has 0 aliphatic rings. The number of aromatic nitrogens is 2. The maximum absolute atomic E-state index is 12.1. The number of esters is 1. The van der Waals surface area contributed by atoms with Crippen LogP contribution < -0.4 is 5.32 Å². The molecule has 0 radical (unpaired) electrons. The van der Waals surface area contributed by atoms with Crippen molar-refractivity contribution in [3.63, 3.8) is 0 Å². The molecular formula is C14H14N4O5. The Kier molecular flexibility index (Phi) is 4.69. The lowest BCUT2D eigenvalue weighted by Crippen LogP contribution is -2.24. The van der Waals surface area contributed by atoms with Gasteiger partial charge < -0.3 is 10.1 Å². The van der Waals surface area contributed by atoms with Crippen LogP contribution in [0.1, 0.15) is 23.3 Å². The van der Waals surface area contributed by atoms with Crippen molar-refractivity contribution in [1.29, 1.82) is 0 Å². The Labute approximate surface area is 131 Å². The van der Waals surface area contributed by atoms with Gasteiger partial charge in [-0.3, -0.25) is 19.6 Å². The van der Waals surface area contributed by atoms with Gasteiger partial charge in [0, 0.05) is 5.69 Å². The van der Waals surface area contributed by atoms with Crippen molar-refractivity contribution in [3.8, 4) is 0 Å². The minimum absolute atomic E-state index is 0.188. The molecule has 1 aromatic carbocycles. The lowest BCUT2D eigenvalue weighted by Gasteiger charge is -2.12. The number of ether oxygens (including phenoxy) is 1. The van der Waals surface area contributed by atoms with E-state index < -0.39 is 22.8 Å². The number of nitrogens with one attached hydrogen (secondary N) is 1. The summed E-state index contributed by atoms with van der Waals surface area (Å²) in [5.41, 5.74) is 0.657. The van der Waals surface area contributed by atoms with E-state index >= 15 is 0 Å². The lowest BCUT2D eigenvalue weighted by molar-refractivity contribution is -0.385. The summed E-state index contributed by atoms with van der Waals surface area (Å²) >= 11 is 0. The summed E-state index contributed by atoms with van der Waals surface area (Å²) in [6.07, 6.45) is 2.26. The van der Waals surface area contributed by atoms with Gasteiger partial charge >= 0.3 is 11.7 Å². The van der Waals surface area contributed by atoms with Crippen LogP contribution in [-0.4, -0.2) is 33.7 Å². The summed E-state index contributed by atoms with van der Waals surface area (Å²) in [6.45, 7) is 1.56. The fourth-order valence-corrected chi connectivity index (χ4v) is 1.81. The highest BCUT2D eigenvalue weighted by atomic mass is 16.6. The van der Waals surface area contributed by atoms with Crippen molar-refractivity contribution in [2.75, 3.05) is 12.4 Å². The molecule has 2 rings (SSSR count). The van der Waals surface area contributed by atoms with E-state index in [0.717, 1.165) is 6.20 Å². The molecular weight excluding hydrogens is 304 g/mol. The molecule has 1 N–H and O–H groups in total. The fourth-order valence-electron chi connectivity index (χ4n) is 1.81. The third kappa shape index (κ3) is 3.70. The Bertz CT molecular complexity index is 738. The molecule has 9 heteroatoms. The van der Waals surface area contributed by atoms with Crippen LogP contribution in [0.15, 0.2) is 36.7 Å². The summed E-state index contributed by atoms with van der Waals surface area (Å²) in [4.78, 5) is 33.5. The molecule has 0 fully saturated rings. The van der Waals surface area contributed by atoms with E-state index in [9.17, 15) is 19.7 Å². The molecule has 0 bridgehead atoms. The largest absolute Gasteiger partial charge is 0.465 e. The van der Waals surface area contributed by atoms with Crippen LogP contribution in [-0.2, 0) is 9.53 Å². The van der Waals surface area contributed by atoms with Gasteiger partial charge in [0.25, 0.3) is 0 Å². The quantitative estimate of drug-likeness (QED) is 0.510. The van der Waals surface area contributed by atoms with Crippen LogP contribution in [0.25, 0.3) is 0 Å². The third-order valence-electron chi connectivity index (χ3n) is 3.15. The average Bonchev–Trinajstić information content (AvgIpc) is 3.04. The highest BCUT2D eigenvalue weighted by Crippen LogP contribution is 2.16. The maximum atomic E-state index is 12.1. The Hall–Kier alpha value is -3.23. The molecule has 9 nitrogen and oxygen atoms in total. The van der Waals surface area contributed by atoms with Gasteiger partial charge in [0.2, 0.25) is 5.91 Å². The van der Waals surface area contributed by atoms with E-state index in [1.165, 1.54) is 30.1 Å². The molecule has 1 amide bonds. The van der Waals surface area contributed by atoms with Crippen molar-refractivity contribution in [3.05, 3.63) is 52.3 Å². The number of nitro groups is 1. The highest BCUT2D eigenvalue weighted by molar-refractivity contribution is 5.94. The van der Waals surface area contributed by atoms with Crippen LogP contribution in [0.2, 0.25) is 0 Å². The standard InChI is InChI=1S/C14H14N4O5/c1-9(17-8-12(7-15-17)18(21)22)13(19)16-11-5-3-10(4-6-11)14(20)23-2/h3-9H,1-2H3,(H,16,19)/t9-/m0/s1. The third-order valence-corrected chi connectivity index (χ3v) is 3.15. The second-order valence-corrected chi connectivity index (χ2v) is 4.67. The number of methoxy groups -OCH3 is 1. The molecule has 0 unspecified atom stereocenters. The summed E-state index contributed by atoms with van der Waals surface area (Å²) in [5, 5.41) is 17.1. The van der Waals surface area contributed by atoms with Crippen LogP contribution >= 0.6 is 0 Å². The topological polar surface area (TPSA) is 116 Å². The van der Waals surface area contributed by atoms with E-state index in [-0.39, 0.29) is 5.69 Å². The minimum atomic E-state index is -0.732. The Morgan fingerprint density at radius 3 is 2.52 bits per heavy atom. The highest BCUT2D eigenvalue weighted by Gasteiger charge is 2.19. The lowest BCUT2D eigenvalue weighted by atomic mass is 10.2. The monoisotopic (exact) mass is 318 g/mol. The number of carbonyl (C=O) groups excluding carboxylic acids is 2. The van der Waals surface area contributed by atoms with Gasteiger partial charge in [-0.2, -0.15) is 5.10 Å². The van der Waals surface area contributed by atoms with Crippen molar-refractivity contribution < 1.29 is 19.2 Å². The number of nitrogens with zero attached hydrogens (tertiary/aromatic N) is 3. The Morgan fingerprint density at radius 1 is 1.35 bits per heavy atom. The first kappa shape index (κ1) is 16.1. The number of hydrogen-bond donors (Lipinski definition) is 1. The molecule has 0 aliphatic carbocycles. The SMILES string of the molecule is COC(=O)c1ccc(NC(=O)[C@H](C)n2cc([N+](=O)[O-])cn2)cc1. The van der Waals surface area contributed by atoms with Gasteiger partial charge in [-0.1, -0.05) is 0 Å². The predicted molar refractivity (Wildman–Crippen MR) is 80.0 cm³/mol. The number of anilines is 1. The Balaban J connectivity index is 2.05. The van der Waals surface area contributed by atoms with E-state index in [1.807, 2.05) is 0 Å². The molecule has 0 aliphatic heterocycles. The first-order valence-corrected chi connectivity index (χ1v) is 6.60. The van der Waals surface area contributed by atoms with Crippen molar-refractivity contribution in [2.24, 2.45) is 0 Å². The zero-order valence-electron chi connectivity index (χ0n) is 12.4. The van der Waals surface area contributed by atoms with Crippen molar-refractivity contribution in [2.45, 2.75) is 13.0 Å². The number of amides is 1. The molecule has 0 saturated carbocycles. The number of benzene rings is 1. The van der Waals surface area contributed by atoms with Gasteiger partial charge in [0.1, 0.15) is 18.4 Å². The Morgan fingerprint density at radius 2 is 2.00 bits per heavy atom. The molecule has 2 aromatic rings. The van der Waals surface area contributed by atoms with Crippen LogP contribution in [0.5, 0.6) is 0 Å². The first-order chi connectivity index (χ1) is 10.9. The smallest absolute Gasteiger partial charge is 0.337 e. The van der Waals surface area contributed by atoms with E-state index in [2.05, 4.69) is 15.2 Å². The molecule has 1 atom stereocenters. The van der Waals surface area contributed by atoms with Crippen LogP contribution in [0.4, 0.5) is 11.4 Å². The van der Waals surface area contributed by atoms with Gasteiger partial charge in [0.15, 0.2) is 0 Å². The zero-order valence-corrected chi connectivity index (χ0v) is 12.4. The van der Waals surface area contributed by atoms with E-state index in [0.29, 0.717) is 11.3 Å². The predicted octanol–water partition coefficient (Wildman–Crippen LogP) is 1.78. The molecule has 0 saturated heterocycles. The van der Waals surface area contributed by atoms with Crippen LogP contribution in [0, 0.1) is 10.1 Å². The normalized spacial score (nSPS) is 11.6. The second-order valence-electron chi connectivity index (χ2n) is 4.67. The molecule has 120 valence electrons. The summed E-state index contributed by atoms with van der Waals surface area (Å²) in [5.74, 6) is -0.867. The summed E-state index contributed by atoms with van der Waals surface area (Å²) in [6, 6.07) is 5.42. The van der Waals surface area contributed by atoms with Gasteiger partial charge in [-0.05, 0) is 31.2 Å². The van der Waals surface area contributed by atoms with Gasteiger partial charge in [0.05, 0.1) is 17.6 Å². The van der Waals surface area contributed by atoms with E-state index in [1.54, 1.807) is 19.1 Å². The maximum Gasteiger partial charge on any atom is 0.337 e. The van der Waals surface area contributed by atoms with Crippen molar-refractivity contribution in [1.82, 2.24) is 9.78 Å². The van der Waals surface area contributed by atoms with Gasteiger partial charge in [-0.25, -0.2) is 4.79 Å². The number of carbonyl (C=O) groups is 2. The number of hydrogen-bond acceptors (Lipinski definition) is 6. The fraction of sp³-hybridized carbons (Fsp3) is 0.214. The van der Waals surface area contributed by atoms with Gasteiger partial charge in [-0.15, -0.1) is 0 Å². The second kappa shape index (κ2) is 6.69. The molecule has 23 heavy (non-hydrogen) atoms. The summed E-state index contributed by atoms with van der Waals surface area (Å²) < 4.78 is 5.79. The van der Waals surface area contributed by atoms with Crippen LogP contribution in [0.3, 0.4) is 0 Å². The molecule has 1 heterocycles. The molecule has 0 spiro atoms. The average molecular weight is 318 g/mol. The number of rotatable bonds is 5. The zero-order chi connectivity index (χ0) is 17.0. The molecule has 1 aromatic heterocycles. The van der Waals surface area contributed by atoms with Crippen molar-refractivity contribution >= 4 is 23.3 Å². The first-order valence-electron chi connectivity index (χ1n) is 6.60.